The molecule has 0 radical (unpaired) electrons. The highest BCUT2D eigenvalue weighted by atomic mass is 19.1. The summed E-state index contributed by atoms with van der Waals surface area (Å²) < 4.78 is 32.3. The van der Waals surface area contributed by atoms with E-state index in [2.05, 4.69) is 28.0 Å². The van der Waals surface area contributed by atoms with Gasteiger partial charge in [0.15, 0.2) is 0 Å². The zero-order valence-electron chi connectivity index (χ0n) is 14.8. The van der Waals surface area contributed by atoms with E-state index in [-0.39, 0.29) is 29.7 Å². The molecule has 4 unspecified atom stereocenters. The van der Waals surface area contributed by atoms with Gasteiger partial charge in [0, 0.05) is 12.4 Å². The Labute approximate surface area is 152 Å². The minimum atomic E-state index is -0.207. The first-order chi connectivity index (χ1) is 12.6. The molecule has 0 amide bonds. The zero-order chi connectivity index (χ0) is 18.1. The van der Waals surface area contributed by atoms with Crippen molar-refractivity contribution in [1.29, 1.82) is 0 Å². The number of hydrogen-bond donors (Lipinski definition) is 0. The third kappa shape index (κ3) is 3.70. The van der Waals surface area contributed by atoms with E-state index in [1.54, 1.807) is 12.2 Å². The van der Waals surface area contributed by atoms with Gasteiger partial charge in [-0.15, -0.1) is 0 Å². The van der Waals surface area contributed by atoms with Crippen molar-refractivity contribution in [2.45, 2.75) is 38.3 Å². The van der Waals surface area contributed by atoms with E-state index in [0.29, 0.717) is 31.3 Å². The van der Waals surface area contributed by atoms with Gasteiger partial charge in [0.1, 0.15) is 5.83 Å². The van der Waals surface area contributed by atoms with Gasteiger partial charge in [0.2, 0.25) is 5.96 Å². The number of rotatable bonds is 4. The Kier molecular flexibility index (Phi) is 4.85. The van der Waals surface area contributed by atoms with Crippen molar-refractivity contribution in [2.24, 2.45) is 21.8 Å². The highest BCUT2D eigenvalue weighted by Crippen LogP contribution is 2.35. The van der Waals surface area contributed by atoms with Crippen LogP contribution in [0, 0.1) is 11.8 Å². The Morgan fingerprint density at radius 1 is 1.35 bits per heavy atom. The minimum absolute atomic E-state index is 0.00535. The van der Waals surface area contributed by atoms with Crippen molar-refractivity contribution in [1.82, 2.24) is 4.90 Å². The summed E-state index contributed by atoms with van der Waals surface area (Å²) in [4.78, 5) is 11.2. The summed E-state index contributed by atoms with van der Waals surface area (Å²) in [5.74, 6) is 0.964. The molecule has 138 valence electrons. The van der Waals surface area contributed by atoms with Crippen LogP contribution < -0.4 is 0 Å². The Balaban J connectivity index is 1.34. The van der Waals surface area contributed by atoms with Crippen molar-refractivity contribution in [3.05, 3.63) is 47.7 Å². The molecule has 0 saturated heterocycles. The third-order valence-electron chi connectivity index (χ3n) is 5.32. The van der Waals surface area contributed by atoms with Crippen LogP contribution in [0.1, 0.15) is 26.2 Å². The molecule has 4 aliphatic rings. The molecule has 0 aromatic carbocycles. The molecule has 0 saturated carbocycles. The summed E-state index contributed by atoms with van der Waals surface area (Å²) in [6.45, 7) is 3.26. The highest BCUT2D eigenvalue weighted by Gasteiger charge is 2.30. The Bertz CT molecular complexity index is 750. The molecule has 0 spiro atoms. The number of nitrogens with zero attached hydrogens (tertiary/aromatic N) is 3. The molecular weight excluding hydrogens is 336 g/mol. The van der Waals surface area contributed by atoms with Gasteiger partial charge in [-0.05, 0) is 54.9 Å². The molecule has 0 fully saturated rings. The van der Waals surface area contributed by atoms with Crippen molar-refractivity contribution < 1.29 is 13.5 Å². The van der Waals surface area contributed by atoms with Gasteiger partial charge in [-0.1, -0.05) is 13.0 Å². The largest absolute Gasteiger partial charge is 0.372 e. The molecule has 0 aromatic rings. The topological polar surface area (TPSA) is 37.2 Å². The van der Waals surface area contributed by atoms with Crippen LogP contribution in [0.3, 0.4) is 0 Å². The molecule has 2 aliphatic carbocycles. The first-order valence-electron chi connectivity index (χ1n) is 9.20. The quantitative estimate of drug-likeness (QED) is 0.758. The van der Waals surface area contributed by atoms with Gasteiger partial charge >= 0.3 is 0 Å². The number of fused-ring (bicyclic) bond motifs is 1. The third-order valence-corrected chi connectivity index (χ3v) is 5.32. The average molecular weight is 359 g/mol. The summed E-state index contributed by atoms with van der Waals surface area (Å²) >= 11 is 0. The normalized spacial score (nSPS) is 33.4. The summed E-state index contributed by atoms with van der Waals surface area (Å²) in [7, 11) is 0. The van der Waals surface area contributed by atoms with E-state index in [1.165, 1.54) is 12.2 Å². The van der Waals surface area contributed by atoms with Crippen LogP contribution in [0.4, 0.5) is 8.78 Å². The van der Waals surface area contributed by atoms with Gasteiger partial charge in [-0.2, -0.15) is 0 Å². The molecular formula is C20H23F2N3O. The number of aliphatic imine (C=N–C) groups is 2. The van der Waals surface area contributed by atoms with Crippen LogP contribution in [0.25, 0.3) is 0 Å². The number of ether oxygens (including phenoxy) is 1. The van der Waals surface area contributed by atoms with Gasteiger partial charge in [0.25, 0.3) is 0 Å². The maximum Gasteiger partial charge on any atom is 0.225 e. The highest BCUT2D eigenvalue weighted by molar-refractivity contribution is 5.98. The predicted octanol–water partition coefficient (Wildman–Crippen LogP) is 4.09. The Morgan fingerprint density at radius 3 is 3.00 bits per heavy atom. The number of allylic oxidation sites excluding steroid dienone is 5. The lowest BCUT2D eigenvalue weighted by Crippen LogP contribution is -2.30. The maximum atomic E-state index is 13.4. The van der Waals surface area contributed by atoms with Gasteiger partial charge in [0.05, 0.1) is 31.1 Å². The lowest BCUT2D eigenvalue weighted by molar-refractivity contribution is 0.0754. The first-order valence-corrected chi connectivity index (χ1v) is 9.20. The minimum Gasteiger partial charge on any atom is -0.372 e. The lowest BCUT2D eigenvalue weighted by atomic mass is 9.80. The molecule has 26 heavy (non-hydrogen) atoms. The van der Waals surface area contributed by atoms with Crippen LogP contribution in [0.15, 0.2) is 57.7 Å². The van der Waals surface area contributed by atoms with E-state index in [1.807, 2.05) is 6.21 Å². The van der Waals surface area contributed by atoms with Crippen LogP contribution in [0.2, 0.25) is 0 Å². The maximum absolute atomic E-state index is 13.4. The zero-order valence-corrected chi connectivity index (χ0v) is 14.8. The second kappa shape index (κ2) is 7.27. The smallest absolute Gasteiger partial charge is 0.225 e. The SMILES string of the molecule is CC1C=C(F)CCC1C1=CN2CC(COC3C=CC(F)=CC3)N=C2N=C1. The standard InChI is InChI=1S/C20H23F2N3O/c1-13-8-16(22)4-7-19(13)14-9-23-20-24-17(11-25(20)10-14)12-26-18-5-2-15(21)3-6-18/h2-3,5,8-10,13,17-19H,4,6-7,11-12H2,1H3. The van der Waals surface area contributed by atoms with E-state index < -0.39 is 0 Å². The van der Waals surface area contributed by atoms with Gasteiger partial charge in [-0.25, -0.2) is 18.8 Å². The second-order valence-corrected chi connectivity index (χ2v) is 7.30. The van der Waals surface area contributed by atoms with Gasteiger partial charge < -0.3 is 9.64 Å². The fraction of sp³-hybridized carbons (Fsp3) is 0.500. The first kappa shape index (κ1) is 17.3. The molecule has 6 heteroatoms. The summed E-state index contributed by atoms with van der Waals surface area (Å²) in [5.41, 5.74) is 1.14. The molecule has 4 atom stereocenters. The van der Waals surface area contributed by atoms with Crippen molar-refractivity contribution in [3.8, 4) is 0 Å². The lowest BCUT2D eigenvalue weighted by Gasteiger charge is -2.29. The van der Waals surface area contributed by atoms with Crippen LogP contribution >= 0.6 is 0 Å². The predicted molar refractivity (Wildman–Crippen MR) is 98.3 cm³/mol. The van der Waals surface area contributed by atoms with E-state index in [0.717, 1.165) is 18.5 Å². The number of halogens is 2. The second-order valence-electron chi connectivity index (χ2n) is 7.30. The average Bonchev–Trinajstić information content (AvgIpc) is 3.03. The van der Waals surface area contributed by atoms with Crippen LogP contribution in [-0.2, 0) is 4.74 Å². The molecule has 0 bridgehead atoms. The van der Waals surface area contributed by atoms with Gasteiger partial charge in [-0.3, -0.25) is 0 Å². The summed E-state index contributed by atoms with van der Waals surface area (Å²) in [5, 5.41) is 0. The van der Waals surface area contributed by atoms with Crippen LogP contribution in [0.5, 0.6) is 0 Å². The Hall–Kier alpha value is -2.08. The Morgan fingerprint density at radius 2 is 2.23 bits per heavy atom. The fourth-order valence-corrected chi connectivity index (χ4v) is 3.88. The van der Waals surface area contributed by atoms with Crippen molar-refractivity contribution in [3.63, 3.8) is 0 Å². The van der Waals surface area contributed by atoms with Crippen LogP contribution in [-0.4, -0.2) is 42.4 Å². The molecule has 2 heterocycles. The molecule has 4 nitrogen and oxygen atoms in total. The number of guanidine groups is 1. The fourth-order valence-electron chi connectivity index (χ4n) is 3.88. The summed E-state index contributed by atoms with van der Waals surface area (Å²) in [6.07, 6.45) is 12.2. The van der Waals surface area contributed by atoms with Crippen molar-refractivity contribution >= 4 is 12.2 Å². The molecule has 4 rings (SSSR count). The monoisotopic (exact) mass is 359 g/mol. The van der Waals surface area contributed by atoms with E-state index in [9.17, 15) is 8.78 Å². The molecule has 0 aromatic heterocycles. The van der Waals surface area contributed by atoms with E-state index in [4.69, 9.17) is 4.74 Å². The summed E-state index contributed by atoms with van der Waals surface area (Å²) in [6, 6.07) is 0.0167. The van der Waals surface area contributed by atoms with E-state index >= 15 is 0 Å². The van der Waals surface area contributed by atoms with Crippen molar-refractivity contribution in [2.75, 3.05) is 13.2 Å². The number of hydrogen-bond acceptors (Lipinski definition) is 4. The molecule has 0 N–H and O–H groups in total. The molecule has 2 aliphatic heterocycles.